The molecule has 0 radical (unpaired) electrons. The Morgan fingerprint density at radius 2 is 0.688 bits per heavy atom. The third-order valence-corrected chi connectivity index (χ3v) is 14.7. The first-order chi connectivity index (χ1) is 37.7. The van der Waals surface area contributed by atoms with Gasteiger partial charge in [0.1, 0.15) is 49.4 Å². The molecule has 8 bridgehead atoms. The molecule has 21 heteroatoms. The average molecular weight is 1090 g/mol. The molecule has 6 aliphatic rings. The van der Waals surface area contributed by atoms with Gasteiger partial charge in [-0.1, -0.05) is 48.5 Å². The van der Waals surface area contributed by atoms with Crippen LogP contribution in [-0.2, 0) is 38.4 Å². The number of morpholine rings is 4. The SMILES string of the molecule is [Zn+2].c1cc(OCCN2CCOCC2)c2c(c1)-c1nc-2nc2nc(nc3[n-]c(nc4[n-]c(n1)c1c(OCCN5CCOCC5)cccc41)c1c(OCCN4CCOCC4)cccc31)-c1c(OCCN3CCOCC3)cccc1-2. The van der Waals surface area contributed by atoms with Crippen molar-refractivity contribution in [2.75, 3.05) is 158 Å². The number of hydrogen-bond acceptors (Lipinski definition) is 18. The van der Waals surface area contributed by atoms with E-state index in [0.29, 0.717) is 170 Å². The van der Waals surface area contributed by atoms with Crippen molar-refractivity contribution in [2.45, 2.75) is 0 Å². The molecular formula is C56H60N12O8Zn. The van der Waals surface area contributed by atoms with Gasteiger partial charge >= 0.3 is 19.5 Å². The molecule has 0 spiro atoms. The van der Waals surface area contributed by atoms with Gasteiger partial charge in [-0.3, -0.25) is 19.6 Å². The van der Waals surface area contributed by atoms with E-state index in [4.69, 9.17) is 77.8 Å². The summed E-state index contributed by atoms with van der Waals surface area (Å²) in [5.41, 5.74) is 4.52. The van der Waals surface area contributed by atoms with Gasteiger partial charge in [0.05, 0.1) is 75.6 Å². The topological polar surface area (TPSA) is 192 Å². The molecule has 4 fully saturated rings. The van der Waals surface area contributed by atoms with Gasteiger partial charge in [0, 0.05) is 123 Å². The van der Waals surface area contributed by atoms with Crippen molar-refractivity contribution in [2.24, 2.45) is 0 Å². The van der Waals surface area contributed by atoms with Gasteiger partial charge in [-0.15, -0.1) is 0 Å². The molecule has 0 saturated carbocycles. The normalized spacial score (nSPS) is 17.5. The Morgan fingerprint density at radius 1 is 0.364 bits per heavy atom. The molecule has 3 aromatic heterocycles. The van der Waals surface area contributed by atoms with E-state index in [1.54, 1.807) is 0 Å². The van der Waals surface area contributed by atoms with E-state index in [9.17, 15) is 0 Å². The maximum absolute atomic E-state index is 6.66. The van der Waals surface area contributed by atoms with E-state index in [-0.39, 0.29) is 19.5 Å². The summed E-state index contributed by atoms with van der Waals surface area (Å²) in [5.74, 6) is 4.16. The summed E-state index contributed by atoms with van der Waals surface area (Å²) in [5, 5.41) is 2.90. The standard InChI is InChI=1S/C56H60N12O8.Zn/c1-5-37-45(41(9-1)73-33-21-65-13-25-69-26-14-65)53-57-49(37)61-54-46-38(6-2-10-42(46)74-34-22-66-15-27-70-28-16-66)51(58-54)63-56-48-40(8-4-12-44(48)76-36-24-68-19-31-72-32-20-68)52(60-56)64-55-47-39(50(59-55)62-53)7-3-11-43(47)75-35-23-67-17-29-71-30-18-67;/h1-12H,13-36H2;/q-2;+2. The molecule has 4 aromatic carbocycles. The van der Waals surface area contributed by atoms with Crippen LogP contribution < -0.4 is 28.9 Å². The van der Waals surface area contributed by atoms with Crippen molar-refractivity contribution in [3.63, 3.8) is 0 Å². The summed E-state index contributed by atoms with van der Waals surface area (Å²) < 4.78 is 49.1. The van der Waals surface area contributed by atoms with Crippen molar-refractivity contribution >= 4 is 44.1 Å². The van der Waals surface area contributed by atoms with Crippen LogP contribution in [0, 0.1) is 0 Å². The molecule has 0 aliphatic carbocycles. The summed E-state index contributed by atoms with van der Waals surface area (Å²) >= 11 is 0. The van der Waals surface area contributed by atoms with Gasteiger partial charge in [0.2, 0.25) is 0 Å². The van der Waals surface area contributed by atoms with E-state index < -0.39 is 0 Å². The van der Waals surface area contributed by atoms with E-state index in [2.05, 4.69) is 19.6 Å². The first-order valence-electron chi connectivity index (χ1n) is 26.6. The number of benzene rings is 4. The minimum Gasteiger partial charge on any atom is -0.492 e. The molecule has 7 aromatic rings. The molecule has 0 atom stereocenters. The van der Waals surface area contributed by atoms with Crippen LogP contribution in [0.25, 0.3) is 89.7 Å². The van der Waals surface area contributed by atoms with Gasteiger partial charge in [0.15, 0.2) is 11.6 Å². The number of hydrogen-bond donors (Lipinski definition) is 0. The number of aromatic nitrogens is 8. The van der Waals surface area contributed by atoms with Gasteiger partial charge in [-0.2, -0.15) is 0 Å². The van der Waals surface area contributed by atoms with Crippen molar-refractivity contribution in [3.8, 4) is 68.5 Å². The minimum absolute atomic E-state index is 0. The quantitative estimate of drug-likeness (QED) is 0.118. The molecule has 0 N–H and O–H groups in total. The summed E-state index contributed by atoms with van der Waals surface area (Å²) in [6.45, 7) is 17.2. The van der Waals surface area contributed by atoms with Crippen LogP contribution in [0.15, 0.2) is 72.8 Å². The second-order valence-corrected chi connectivity index (χ2v) is 19.4. The van der Waals surface area contributed by atoms with Crippen LogP contribution in [0.4, 0.5) is 0 Å². The van der Waals surface area contributed by atoms with E-state index in [0.717, 1.165) is 100 Å². The van der Waals surface area contributed by atoms with Crippen LogP contribution in [0.5, 0.6) is 23.0 Å². The van der Waals surface area contributed by atoms with E-state index >= 15 is 0 Å². The van der Waals surface area contributed by atoms with Gasteiger partial charge in [-0.05, 0) is 35.0 Å². The van der Waals surface area contributed by atoms with Crippen LogP contribution in [0.1, 0.15) is 0 Å². The molecule has 77 heavy (non-hydrogen) atoms. The zero-order valence-corrected chi connectivity index (χ0v) is 46.2. The predicted octanol–water partition coefficient (Wildman–Crippen LogP) is 4.97. The molecule has 6 aliphatic heterocycles. The number of nitrogens with zero attached hydrogens (tertiary/aromatic N) is 12. The summed E-state index contributed by atoms with van der Waals surface area (Å²) in [4.78, 5) is 51.7. The van der Waals surface area contributed by atoms with Gasteiger partial charge < -0.3 is 62.8 Å². The Bertz CT molecular complexity index is 3390. The number of rotatable bonds is 16. The summed E-state index contributed by atoms with van der Waals surface area (Å²) in [6, 6.07) is 23.7. The number of ether oxygens (including phenoxy) is 8. The van der Waals surface area contributed by atoms with Gasteiger partial charge in [-0.25, -0.2) is 15.0 Å². The van der Waals surface area contributed by atoms with Crippen LogP contribution >= 0.6 is 0 Å². The Balaban J connectivity index is 0.00000596. The zero-order chi connectivity index (χ0) is 50.6. The Labute approximate surface area is 458 Å². The largest absolute Gasteiger partial charge is 2.00 e. The smallest absolute Gasteiger partial charge is 0.492 e. The molecule has 394 valence electrons. The molecule has 0 amide bonds. The fourth-order valence-electron chi connectivity index (χ4n) is 10.6. The van der Waals surface area contributed by atoms with Crippen molar-refractivity contribution in [1.29, 1.82) is 0 Å². The monoisotopic (exact) mass is 1090 g/mol. The van der Waals surface area contributed by atoms with Crippen molar-refractivity contribution < 1.29 is 57.4 Å². The molecule has 4 saturated heterocycles. The Morgan fingerprint density at radius 3 is 1.12 bits per heavy atom. The van der Waals surface area contributed by atoms with Crippen molar-refractivity contribution in [3.05, 3.63) is 72.8 Å². The van der Waals surface area contributed by atoms with E-state index in [1.807, 2.05) is 72.8 Å². The third kappa shape index (κ3) is 11.1. The second kappa shape index (κ2) is 23.8. The van der Waals surface area contributed by atoms with Crippen LogP contribution in [0.3, 0.4) is 0 Å². The molecular weight excluding hydrogens is 1030 g/mol. The van der Waals surface area contributed by atoms with Crippen molar-refractivity contribution in [1.82, 2.24) is 59.5 Å². The zero-order valence-electron chi connectivity index (χ0n) is 43.2. The third-order valence-electron chi connectivity index (χ3n) is 14.7. The minimum atomic E-state index is 0. The van der Waals surface area contributed by atoms with Gasteiger partial charge in [0.25, 0.3) is 0 Å². The van der Waals surface area contributed by atoms with Crippen LogP contribution in [0.2, 0.25) is 0 Å². The fraction of sp³-hybridized carbons (Fsp3) is 0.429. The van der Waals surface area contributed by atoms with E-state index in [1.165, 1.54) is 0 Å². The van der Waals surface area contributed by atoms with Crippen LogP contribution in [-0.4, -0.2) is 207 Å². The second-order valence-electron chi connectivity index (χ2n) is 19.4. The predicted molar refractivity (Wildman–Crippen MR) is 285 cm³/mol. The first kappa shape index (κ1) is 51.5. The molecule has 0 unspecified atom stereocenters. The fourth-order valence-corrected chi connectivity index (χ4v) is 10.6. The molecule has 13 rings (SSSR count). The summed E-state index contributed by atoms with van der Waals surface area (Å²) in [7, 11) is 0. The maximum atomic E-state index is 6.66. The Kier molecular flexibility index (Phi) is 15.9. The Hall–Kier alpha value is -6.26. The average Bonchev–Trinajstić information content (AvgIpc) is 4.37. The molecule has 20 nitrogen and oxygen atoms in total. The maximum Gasteiger partial charge on any atom is 2.00 e. The summed E-state index contributed by atoms with van der Waals surface area (Å²) in [6.07, 6.45) is 0. The first-order valence-corrected chi connectivity index (χ1v) is 26.6. The molecule has 9 heterocycles. The number of fused-ring (bicyclic) bond motifs is 20.